The largest absolute Gasteiger partial charge is 0.396 e. The first-order chi connectivity index (χ1) is 38.1. The number of hydrogen-bond acceptors (Lipinski definition) is 31. The molecule has 0 aromatic carbocycles. The van der Waals surface area contributed by atoms with E-state index in [-0.39, 0.29) is 51.9 Å². The lowest BCUT2D eigenvalue weighted by Gasteiger charge is -2.46. The molecule has 5 aliphatic heterocycles. The fourth-order valence-corrected chi connectivity index (χ4v) is 8.72. The number of imide groups is 1. The zero-order valence-corrected chi connectivity index (χ0v) is 43.6. The molecule has 460 valence electrons. The van der Waals surface area contributed by atoms with Gasteiger partial charge in [-0.15, -0.1) is 5.06 Å². The Bertz CT molecular complexity index is 1960. The second-order valence-electron chi connectivity index (χ2n) is 19.4. The van der Waals surface area contributed by atoms with Gasteiger partial charge < -0.3 is 114 Å². The van der Waals surface area contributed by atoms with E-state index in [0.717, 1.165) is 4.90 Å². The number of aliphatic hydroxyl groups excluding tert-OH is 13. The molecule has 5 heterocycles. The lowest BCUT2D eigenvalue weighted by atomic mass is 9.96. The van der Waals surface area contributed by atoms with Crippen LogP contribution in [0.1, 0.15) is 51.9 Å². The zero-order valence-electron chi connectivity index (χ0n) is 43.6. The summed E-state index contributed by atoms with van der Waals surface area (Å²) in [5.74, 6) is -4.12. The van der Waals surface area contributed by atoms with Crippen molar-refractivity contribution in [2.24, 2.45) is 0 Å². The highest BCUT2D eigenvalue weighted by molar-refractivity contribution is 6.01. The maximum Gasteiger partial charge on any atom is 0.333 e. The topological polar surface area (TPSA) is 515 Å². The second kappa shape index (κ2) is 32.8. The van der Waals surface area contributed by atoms with Crippen molar-refractivity contribution >= 4 is 35.5 Å². The molecule has 0 aromatic heterocycles. The number of nitrogens with one attached hydrogen (secondary N) is 5. The number of hydrazine groups is 2. The normalized spacial score (nSPS) is 35.8. The summed E-state index contributed by atoms with van der Waals surface area (Å²) in [5, 5.41) is 137. The molecule has 5 fully saturated rings. The van der Waals surface area contributed by atoms with Gasteiger partial charge in [-0.2, -0.15) is 0 Å². The van der Waals surface area contributed by atoms with Gasteiger partial charge in [0.25, 0.3) is 11.8 Å². The standard InChI is InChI=1S/C45H77N7O28/c1-20-30(61)34(65)37(68)42(75-20)72-13-10-47-49-25(56)16-51(15-24(55)46-9-4-2-3-5-29(60)80-52-27(58)6-7-28(52)59)17-26(57)50-48-11-14-73-44-40(71)41(79-45-39(70)36(67)32(63)22(18-54)77-45)33(64)23(78-44)19-74-43-38(69)35(66)31(62)21(76-43)8-12-53/h20-23,30-45,47-48,53-54,61-71H,2-19H2,1H3,(H,46,55)(H,49,56)(H,50,57)/t20-,21+,22+,23+,30+,31+,32+,33+,34+,35-,36-,37-,38-,39-,40-,41-,42+,43-,44-,45+/m0/s1. The van der Waals surface area contributed by atoms with Gasteiger partial charge in [-0.1, -0.05) is 6.42 Å². The van der Waals surface area contributed by atoms with Crippen molar-refractivity contribution in [1.29, 1.82) is 0 Å². The van der Waals surface area contributed by atoms with Crippen molar-refractivity contribution in [2.45, 2.75) is 175 Å². The van der Waals surface area contributed by atoms with E-state index in [1.807, 2.05) is 0 Å². The minimum atomic E-state index is -1.98. The summed E-state index contributed by atoms with van der Waals surface area (Å²) in [6.07, 6.45) is -31.9. The lowest BCUT2D eigenvalue weighted by Crippen LogP contribution is -2.65. The average Bonchev–Trinajstić information content (AvgIpc) is 3.74. The highest BCUT2D eigenvalue weighted by Gasteiger charge is 2.52. The van der Waals surface area contributed by atoms with Gasteiger partial charge in [-0.05, 0) is 26.2 Å². The Hall–Kier alpha value is -3.94. The molecular weight excluding hydrogens is 1090 g/mol. The monoisotopic (exact) mass is 1160 g/mol. The van der Waals surface area contributed by atoms with Crippen LogP contribution in [0.5, 0.6) is 0 Å². The van der Waals surface area contributed by atoms with Crippen LogP contribution < -0.4 is 27.0 Å². The number of hydrogen-bond donors (Lipinski definition) is 18. The number of nitrogens with zero attached hydrogens (tertiary/aromatic N) is 2. The van der Waals surface area contributed by atoms with Crippen molar-refractivity contribution in [3.63, 3.8) is 0 Å². The van der Waals surface area contributed by atoms with Crippen molar-refractivity contribution in [3.8, 4) is 0 Å². The minimum Gasteiger partial charge on any atom is -0.396 e. The van der Waals surface area contributed by atoms with Gasteiger partial charge in [0.15, 0.2) is 25.2 Å². The summed E-state index contributed by atoms with van der Waals surface area (Å²) in [4.78, 5) is 80.7. The molecule has 0 aliphatic carbocycles. The van der Waals surface area contributed by atoms with Crippen molar-refractivity contribution in [3.05, 3.63) is 0 Å². The molecule has 5 saturated heterocycles. The van der Waals surface area contributed by atoms with Crippen LogP contribution >= 0.6 is 0 Å². The molecule has 0 aromatic rings. The number of carbonyl (C=O) groups is 6. The molecule has 5 amide bonds. The Morgan fingerprint density at radius 2 is 1.07 bits per heavy atom. The van der Waals surface area contributed by atoms with Crippen LogP contribution in [0, 0.1) is 0 Å². The molecule has 18 N–H and O–H groups in total. The summed E-state index contributed by atoms with van der Waals surface area (Å²) in [6.45, 7) is -2.88. The van der Waals surface area contributed by atoms with Crippen LogP contribution in [0.3, 0.4) is 0 Å². The quantitative estimate of drug-likeness (QED) is 0.0174. The van der Waals surface area contributed by atoms with Crippen molar-refractivity contribution < 1.29 is 138 Å². The third-order valence-corrected chi connectivity index (χ3v) is 13.3. The molecule has 20 atom stereocenters. The Balaban J connectivity index is 1.13. The van der Waals surface area contributed by atoms with E-state index >= 15 is 0 Å². The first-order valence-corrected chi connectivity index (χ1v) is 26.0. The first-order valence-electron chi connectivity index (χ1n) is 26.0. The molecule has 35 nitrogen and oxygen atoms in total. The van der Waals surface area contributed by atoms with E-state index in [1.165, 1.54) is 6.92 Å². The van der Waals surface area contributed by atoms with Gasteiger partial charge in [0, 0.05) is 45.5 Å². The molecule has 0 radical (unpaired) electrons. The molecule has 35 heteroatoms. The maximum absolute atomic E-state index is 13.2. The number of hydroxylamine groups is 2. The van der Waals surface area contributed by atoms with E-state index in [9.17, 15) is 95.2 Å². The Morgan fingerprint density at radius 3 is 1.66 bits per heavy atom. The Kier molecular flexibility index (Phi) is 27.4. The number of amides is 5. The van der Waals surface area contributed by atoms with E-state index in [2.05, 4.69) is 27.0 Å². The van der Waals surface area contributed by atoms with Crippen LogP contribution in [0.25, 0.3) is 0 Å². The van der Waals surface area contributed by atoms with Crippen LogP contribution in [-0.4, -0.2) is 307 Å². The van der Waals surface area contributed by atoms with Gasteiger partial charge >= 0.3 is 5.97 Å². The smallest absolute Gasteiger partial charge is 0.333 e. The van der Waals surface area contributed by atoms with Gasteiger partial charge in [-0.3, -0.25) is 39.7 Å². The number of ether oxygens (including phenoxy) is 8. The van der Waals surface area contributed by atoms with E-state index < -0.39 is 204 Å². The first kappa shape index (κ1) is 66.9. The molecule has 0 unspecified atom stereocenters. The Morgan fingerprint density at radius 1 is 0.562 bits per heavy atom. The van der Waals surface area contributed by atoms with Gasteiger partial charge in [-0.25, -0.2) is 15.6 Å². The van der Waals surface area contributed by atoms with Gasteiger partial charge in [0.1, 0.15) is 85.5 Å². The minimum absolute atomic E-state index is 0.0524. The second-order valence-corrected chi connectivity index (χ2v) is 19.4. The predicted molar refractivity (Wildman–Crippen MR) is 255 cm³/mol. The number of rotatable bonds is 31. The third kappa shape index (κ3) is 19.0. The van der Waals surface area contributed by atoms with E-state index in [0.29, 0.717) is 24.3 Å². The van der Waals surface area contributed by atoms with E-state index in [1.54, 1.807) is 0 Å². The van der Waals surface area contributed by atoms with Crippen LogP contribution in [-0.2, 0) is 71.5 Å². The summed E-state index contributed by atoms with van der Waals surface area (Å²) >= 11 is 0. The van der Waals surface area contributed by atoms with Crippen LogP contribution in [0.15, 0.2) is 0 Å². The summed E-state index contributed by atoms with van der Waals surface area (Å²) in [7, 11) is 0. The molecular formula is C45H77N7O28. The lowest BCUT2D eigenvalue weighted by molar-refractivity contribution is -0.365. The van der Waals surface area contributed by atoms with Gasteiger partial charge in [0.2, 0.25) is 17.7 Å². The number of carbonyl (C=O) groups excluding carboxylic acids is 6. The Labute approximate surface area is 456 Å². The fraction of sp³-hybridized carbons (Fsp3) is 0.867. The van der Waals surface area contributed by atoms with Crippen LogP contribution in [0.2, 0.25) is 0 Å². The molecule has 5 rings (SSSR count). The molecule has 0 saturated carbocycles. The third-order valence-electron chi connectivity index (χ3n) is 13.3. The molecule has 80 heavy (non-hydrogen) atoms. The fourth-order valence-electron chi connectivity index (χ4n) is 8.72. The SMILES string of the molecule is C[C@@H]1O[C@@H](OCCNNC(=O)CN(CC(=O)NCCCCCC(=O)ON2C(=O)CCC2=O)CC(=O)NNCCO[C@H]2O[C@H](CO[C@H]3O[C@H](CCO)[C@@H](O)[C@H](O)[C@@H]3O)[C@@H](O)[C@H](O[C@H]3O[C@H](CO)[C@@H](O)[C@H](O)[C@@H]3O)[C@@H]2O)[C@@H](O)[C@H](O)[C@@H]1O. The number of unbranched alkanes of at least 4 members (excludes halogenated alkanes) is 2. The van der Waals surface area contributed by atoms with Crippen molar-refractivity contribution in [2.75, 3.05) is 72.3 Å². The number of aliphatic hydroxyl groups is 13. The van der Waals surface area contributed by atoms with E-state index in [4.69, 9.17) is 42.7 Å². The summed E-state index contributed by atoms with van der Waals surface area (Å²) < 4.78 is 44.5. The van der Waals surface area contributed by atoms with Crippen molar-refractivity contribution in [1.82, 2.24) is 37.0 Å². The van der Waals surface area contributed by atoms with Crippen LogP contribution in [0.4, 0.5) is 0 Å². The predicted octanol–water partition coefficient (Wildman–Crippen LogP) is -11.5. The maximum atomic E-state index is 13.2. The zero-order chi connectivity index (χ0) is 58.8. The summed E-state index contributed by atoms with van der Waals surface area (Å²) in [5.41, 5.74) is 9.87. The molecule has 0 bridgehead atoms. The average molecular weight is 1160 g/mol. The van der Waals surface area contributed by atoms with Gasteiger partial charge in [0.05, 0.1) is 58.3 Å². The highest BCUT2D eigenvalue weighted by atomic mass is 16.8. The molecule has 5 aliphatic rings. The summed E-state index contributed by atoms with van der Waals surface area (Å²) in [6, 6.07) is 0. The molecule has 0 spiro atoms. The highest BCUT2D eigenvalue weighted by Crippen LogP contribution is 2.31.